The Hall–Kier alpha value is -0.430. The van der Waals surface area contributed by atoms with E-state index >= 15 is 0 Å². The summed E-state index contributed by atoms with van der Waals surface area (Å²) in [6.45, 7) is 1.19. The van der Waals surface area contributed by atoms with E-state index in [9.17, 15) is 8.42 Å². The van der Waals surface area contributed by atoms with Crippen molar-refractivity contribution in [2.24, 2.45) is 0 Å². The predicted octanol–water partition coefficient (Wildman–Crippen LogP) is 0.687. The summed E-state index contributed by atoms with van der Waals surface area (Å²) in [6, 6.07) is 0. The Bertz CT molecular complexity index is 443. The van der Waals surface area contributed by atoms with Crippen molar-refractivity contribution in [1.82, 2.24) is 15.3 Å². The number of hydrogen-bond acceptors (Lipinski definition) is 5. The summed E-state index contributed by atoms with van der Waals surface area (Å²) >= 11 is 5.59. The smallest absolute Gasteiger partial charge is 0.247 e. The van der Waals surface area contributed by atoms with Gasteiger partial charge < -0.3 is 5.32 Å². The monoisotopic (exact) mass is 283 g/mol. The minimum Gasteiger partial charge on any atom is -0.315 e. The van der Waals surface area contributed by atoms with Crippen LogP contribution in [-0.2, 0) is 9.84 Å². The SMILES string of the molecule is Cl.O=S(=O)(c1ncc(Cl)cn1)C1CCNC1. The number of halogens is 2. The molecule has 0 bridgehead atoms. The van der Waals surface area contributed by atoms with Crippen molar-refractivity contribution < 1.29 is 8.42 Å². The molecule has 0 aromatic carbocycles. The van der Waals surface area contributed by atoms with Crippen molar-refractivity contribution in [1.29, 1.82) is 0 Å². The third-order valence-electron chi connectivity index (χ3n) is 2.31. The van der Waals surface area contributed by atoms with Crippen LogP contribution >= 0.6 is 24.0 Å². The molecular weight excluding hydrogens is 273 g/mol. The van der Waals surface area contributed by atoms with Gasteiger partial charge in [-0.15, -0.1) is 12.4 Å². The van der Waals surface area contributed by atoms with Crippen LogP contribution in [0.25, 0.3) is 0 Å². The zero-order valence-electron chi connectivity index (χ0n) is 8.26. The first kappa shape index (κ1) is 13.6. The summed E-state index contributed by atoms with van der Waals surface area (Å²) in [5, 5.41) is 2.77. The van der Waals surface area contributed by atoms with Crippen LogP contribution in [0.1, 0.15) is 6.42 Å². The van der Waals surface area contributed by atoms with Gasteiger partial charge in [0, 0.05) is 6.54 Å². The summed E-state index contributed by atoms with van der Waals surface area (Å²) in [5.74, 6) is 0. The van der Waals surface area contributed by atoms with E-state index in [0.29, 0.717) is 18.0 Å². The lowest BCUT2D eigenvalue weighted by Gasteiger charge is -2.07. The average Bonchev–Trinajstić information content (AvgIpc) is 2.71. The first-order valence-electron chi connectivity index (χ1n) is 4.53. The van der Waals surface area contributed by atoms with E-state index in [1.54, 1.807) is 0 Å². The van der Waals surface area contributed by atoms with Crippen LogP contribution in [0.2, 0.25) is 5.02 Å². The van der Waals surface area contributed by atoms with Crippen LogP contribution in [0.3, 0.4) is 0 Å². The highest BCUT2D eigenvalue weighted by atomic mass is 35.5. The quantitative estimate of drug-likeness (QED) is 0.809. The van der Waals surface area contributed by atoms with E-state index in [4.69, 9.17) is 11.6 Å². The van der Waals surface area contributed by atoms with E-state index in [2.05, 4.69) is 15.3 Å². The normalized spacial score (nSPS) is 20.4. The van der Waals surface area contributed by atoms with Gasteiger partial charge in [0.25, 0.3) is 0 Å². The summed E-state index contributed by atoms with van der Waals surface area (Å²) in [7, 11) is -3.40. The molecule has 1 unspecified atom stereocenters. The fourth-order valence-electron chi connectivity index (χ4n) is 1.49. The molecule has 1 saturated heterocycles. The molecule has 1 aromatic rings. The molecule has 90 valence electrons. The van der Waals surface area contributed by atoms with E-state index in [0.717, 1.165) is 6.54 Å². The Labute approximate surface area is 105 Å². The highest BCUT2D eigenvalue weighted by Crippen LogP contribution is 2.17. The molecule has 2 rings (SSSR count). The van der Waals surface area contributed by atoms with Crippen LogP contribution < -0.4 is 5.32 Å². The molecule has 1 fully saturated rings. The largest absolute Gasteiger partial charge is 0.315 e. The molecule has 1 aliphatic heterocycles. The van der Waals surface area contributed by atoms with Crippen LogP contribution in [0.5, 0.6) is 0 Å². The lowest BCUT2D eigenvalue weighted by atomic mass is 10.4. The summed E-state index contributed by atoms with van der Waals surface area (Å²) in [5.41, 5.74) is 0. The van der Waals surface area contributed by atoms with Crippen molar-refractivity contribution in [3.8, 4) is 0 Å². The molecule has 1 N–H and O–H groups in total. The highest BCUT2D eigenvalue weighted by Gasteiger charge is 2.32. The number of hydrogen-bond donors (Lipinski definition) is 1. The second-order valence-electron chi connectivity index (χ2n) is 3.34. The molecule has 1 atom stereocenters. The minimum atomic E-state index is -3.40. The van der Waals surface area contributed by atoms with Gasteiger partial charge in [0.1, 0.15) is 0 Å². The zero-order chi connectivity index (χ0) is 10.9. The average molecular weight is 284 g/mol. The Kier molecular flexibility index (Phi) is 4.49. The molecule has 16 heavy (non-hydrogen) atoms. The first-order valence-corrected chi connectivity index (χ1v) is 6.45. The highest BCUT2D eigenvalue weighted by molar-refractivity contribution is 7.91. The molecule has 0 amide bonds. The van der Waals surface area contributed by atoms with Crippen molar-refractivity contribution in [3.05, 3.63) is 17.4 Å². The second kappa shape index (κ2) is 5.27. The minimum absolute atomic E-state index is 0. The van der Waals surface area contributed by atoms with Crippen LogP contribution in [-0.4, -0.2) is 36.7 Å². The van der Waals surface area contributed by atoms with Crippen LogP contribution in [0, 0.1) is 0 Å². The number of rotatable bonds is 2. The second-order valence-corrected chi connectivity index (χ2v) is 5.90. The molecule has 5 nitrogen and oxygen atoms in total. The maximum atomic E-state index is 11.9. The molecule has 0 radical (unpaired) electrons. The van der Waals surface area contributed by atoms with Gasteiger partial charge in [-0.25, -0.2) is 18.4 Å². The molecule has 0 saturated carbocycles. The summed E-state index contributed by atoms with van der Waals surface area (Å²) < 4.78 is 23.9. The van der Waals surface area contributed by atoms with Crippen molar-refractivity contribution in [2.75, 3.05) is 13.1 Å². The van der Waals surface area contributed by atoms with Crippen LogP contribution in [0.15, 0.2) is 17.6 Å². The standard InChI is InChI=1S/C8H10ClN3O2S.ClH/c9-6-3-11-8(12-4-6)15(13,14)7-1-2-10-5-7;/h3-4,7,10H,1-2,5H2;1H. The fourth-order valence-corrected chi connectivity index (χ4v) is 3.05. The molecule has 2 heterocycles. The lowest BCUT2D eigenvalue weighted by molar-refractivity contribution is 0.573. The van der Waals surface area contributed by atoms with E-state index < -0.39 is 15.1 Å². The van der Waals surface area contributed by atoms with Crippen molar-refractivity contribution in [3.63, 3.8) is 0 Å². The van der Waals surface area contributed by atoms with Crippen molar-refractivity contribution >= 4 is 33.8 Å². The van der Waals surface area contributed by atoms with Gasteiger partial charge in [0.2, 0.25) is 15.0 Å². The molecule has 0 aliphatic carbocycles. The lowest BCUT2D eigenvalue weighted by Crippen LogP contribution is -2.25. The van der Waals surface area contributed by atoms with Gasteiger partial charge in [-0.1, -0.05) is 11.6 Å². The Balaban J connectivity index is 0.00000128. The predicted molar refractivity (Wildman–Crippen MR) is 62.8 cm³/mol. The topological polar surface area (TPSA) is 72.0 Å². The fraction of sp³-hybridized carbons (Fsp3) is 0.500. The number of nitrogens with one attached hydrogen (secondary N) is 1. The number of sulfone groups is 1. The Morgan fingerprint density at radius 1 is 1.38 bits per heavy atom. The molecule has 8 heteroatoms. The van der Waals surface area contributed by atoms with Gasteiger partial charge in [-0.3, -0.25) is 0 Å². The number of aromatic nitrogens is 2. The summed E-state index contributed by atoms with van der Waals surface area (Å²) in [6.07, 6.45) is 3.20. The maximum Gasteiger partial charge on any atom is 0.247 e. The third kappa shape index (κ3) is 2.63. The molecule has 1 aliphatic rings. The van der Waals surface area contributed by atoms with Gasteiger partial charge in [0.05, 0.1) is 22.7 Å². The van der Waals surface area contributed by atoms with Crippen molar-refractivity contribution in [2.45, 2.75) is 16.8 Å². The maximum absolute atomic E-state index is 11.9. The number of nitrogens with zero attached hydrogens (tertiary/aromatic N) is 2. The van der Waals surface area contributed by atoms with E-state index in [1.807, 2.05) is 0 Å². The van der Waals surface area contributed by atoms with Crippen LogP contribution in [0.4, 0.5) is 0 Å². The Morgan fingerprint density at radius 3 is 2.50 bits per heavy atom. The summed E-state index contributed by atoms with van der Waals surface area (Å²) in [4.78, 5) is 7.47. The van der Waals surface area contributed by atoms with Gasteiger partial charge in [-0.2, -0.15) is 0 Å². The molecule has 1 aromatic heterocycles. The van der Waals surface area contributed by atoms with E-state index in [1.165, 1.54) is 12.4 Å². The first-order chi connectivity index (χ1) is 7.10. The van der Waals surface area contributed by atoms with E-state index in [-0.39, 0.29) is 17.6 Å². The molecule has 0 spiro atoms. The van der Waals surface area contributed by atoms with Gasteiger partial charge in [-0.05, 0) is 13.0 Å². The third-order valence-corrected chi connectivity index (χ3v) is 4.50. The van der Waals surface area contributed by atoms with Gasteiger partial charge in [0.15, 0.2) is 0 Å². The van der Waals surface area contributed by atoms with Gasteiger partial charge >= 0.3 is 0 Å². The Morgan fingerprint density at radius 2 is 2.00 bits per heavy atom. The molecular formula is C8H11Cl2N3O2S. The zero-order valence-corrected chi connectivity index (χ0v) is 10.6.